The van der Waals surface area contributed by atoms with Gasteiger partial charge in [0.15, 0.2) is 0 Å². The molecule has 1 aliphatic rings. The summed E-state index contributed by atoms with van der Waals surface area (Å²) < 4.78 is 0. The van der Waals surface area contributed by atoms with Crippen molar-refractivity contribution in [2.45, 2.75) is 69.6 Å². The van der Waals surface area contributed by atoms with Crippen molar-refractivity contribution in [3.8, 4) is 11.1 Å². The summed E-state index contributed by atoms with van der Waals surface area (Å²) in [4.78, 5) is 79.5. The van der Waals surface area contributed by atoms with Crippen LogP contribution in [-0.4, -0.2) is 71.3 Å². The number of carbonyl (C=O) groups excluding carboxylic acids is 5. The fourth-order valence-electron chi connectivity index (χ4n) is 6.64. The van der Waals surface area contributed by atoms with Gasteiger partial charge in [0.05, 0.1) is 0 Å². The van der Waals surface area contributed by atoms with Gasteiger partial charge in [-0.2, -0.15) is 0 Å². The second-order valence-corrected chi connectivity index (χ2v) is 14.5. The maximum atomic E-state index is 14.3. The Morgan fingerprint density at radius 2 is 1.24 bits per heavy atom. The van der Waals surface area contributed by atoms with Crippen molar-refractivity contribution in [3.63, 3.8) is 0 Å². The molecule has 306 valence electrons. The molecule has 5 rings (SSSR count). The van der Waals surface area contributed by atoms with E-state index in [1.54, 1.807) is 30.3 Å². The topological polar surface area (TPSA) is 183 Å². The molecule has 0 radical (unpaired) electrons. The van der Waals surface area contributed by atoms with Crippen LogP contribution in [0.1, 0.15) is 54.1 Å². The molecule has 5 amide bonds. The number of hydrogen-bond acceptors (Lipinski definition) is 6. The smallest absolute Gasteiger partial charge is 0.325 e. The first-order valence-corrected chi connectivity index (χ1v) is 19.8. The van der Waals surface area contributed by atoms with Gasteiger partial charge in [0.2, 0.25) is 23.6 Å². The molecule has 0 saturated carbocycles. The Morgan fingerprint density at radius 1 is 0.644 bits per heavy atom. The highest BCUT2D eigenvalue weighted by Gasteiger charge is 2.32. The summed E-state index contributed by atoms with van der Waals surface area (Å²) in [6.45, 7) is 1.37. The molecule has 0 bridgehead atoms. The molecule has 59 heavy (non-hydrogen) atoms. The number of nitrogens with one attached hydrogen (secondary N) is 5. The van der Waals surface area contributed by atoms with Gasteiger partial charge in [-0.1, -0.05) is 127 Å². The molecule has 2 unspecified atom stereocenters. The minimum atomic E-state index is -1.23. The summed E-state index contributed by atoms with van der Waals surface area (Å²) in [6, 6.07) is 30.9. The summed E-state index contributed by atoms with van der Waals surface area (Å²) in [7, 11) is 0. The SMILES string of the molecule is CC(NC(=O)[C@H](CC1C=CC=CC1)NC(=O)[C@@H](Cc1ccc(-c2ccccc2)cc1)NC(=O)[C@@H](CCc1ccccc1)NC(=O)CCNC(=O)c1ccccc1)C(=O)O. The van der Waals surface area contributed by atoms with E-state index in [9.17, 15) is 33.9 Å². The third-order valence-electron chi connectivity index (χ3n) is 9.99. The van der Waals surface area contributed by atoms with Gasteiger partial charge < -0.3 is 31.7 Å². The van der Waals surface area contributed by atoms with Crippen LogP contribution in [0.5, 0.6) is 0 Å². The van der Waals surface area contributed by atoms with E-state index in [4.69, 9.17) is 0 Å². The zero-order valence-corrected chi connectivity index (χ0v) is 33.0. The maximum absolute atomic E-state index is 14.3. The minimum Gasteiger partial charge on any atom is -0.480 e. The standard InChI is InChI=1S/C47H51N5O7/c1-32(47(58)59)49-45(56)40(30-34-16-8-3-9-17-34)52-46(57)41(31-35-22-25-37(26-23-35)36-18-10-4-11-19-36)51-44(55)39(27-24-33-14-6-2-7-15-33)50-42(53)28-29-48-43(54)38-20-12-5-13-21-38/h2-16,18-23,25-26,32,34,39-41H,17,24,27-31H2,1H3,(H,48,54)(H,49,56)(H,50,53)(H,51,55)(H,52,57)(H,58,59)/t32?,34?,39-,40+,41-/m1/s1. The Labute approximate surface area is 344 Å². The Balaban J connectivity index is 1.36. The van der Waals surface area contributed by atoms with Gasteiger partial charge in [-0.05, 0) is 72.9 Å². The number of hydrogen-bond donors (Lipinski definition) is 6. The summed E-state index contributed by atoms with van der Waals surface area (Å²) in [5, 5.41) is 23.2. The third kappa shape index (κ3) is 14.0. The van der Waals surface area contributed by atoms with Crippen LogP contribution in [0.25, 0.3) is 11.1 Å². The van der Waals surface area contributed by atoms with Crippen molar-refractivity contribution in [2.75, 3.05) is 6.54 Å². The number of aryl methyl sites for hydroxylation is 1. The molecular formula is C47H51N5O7. The van der Waals surface area contributed by atoms with Gasteiger partial charge in [0, 0.05) is 24.9 Å². The Kier molecular flexibility index (Phi) is 16.3. The van der Waals surface area contributed by atoms with E-state index in [0.29, 0.717) is 18.4 Å². The number of benzene rings is 4. The van der Waals surface area contributed by atoms with Crippen LogP contribution in [0.4, 0.5) is 0 Å². The first-order valence-electron chi connectivity index (χ1n) is 19.8. The van der Waals surface area contributed by atoms with E-state index < -0.39 is 53.8 Å². The van der Waals surface area contributed by atoms with Crippen LogP contribution >= 0.6 is 0 Å². The van der Waals surface area contributed by atoms with Crippen LogP contribution in [-0.2, 0) is 36.8 Å². The van der Waals surface area contributed by atoms with E-state index in [2.05, 4.69) is 26.6 Å². The number of aliphatic carboxylic acids is 1. The van der Waals surface area contributed by atoms with E-state index in [1.807, 2.05) is 109 Å². The molecule has 0 saturated heterocycles. The molecule has 0 aliphatic heterocycles. The third-order valence-corrected chi connectivity index (χ3v) is 9.99. The predicted octanol–water partition coefficient (Wildman–Crippen LogP) is 4.92. The molecule has 0 aromatic heterocycles. The molecule has 12 heteroatoms. The van der Waals surface area contributed by atoms with Gasteiger partial charge in [0.1, 0.15) is 24.2 Å². The van der Waals surface area contributed by atoms with Crippen LogP contribution in [0.3, 0.4) is 0 Å². The molecule has 1 aliphatic carbocycles. The van der Waals surface area contributed by atoms with Crippen molar-refractivity contribution in [2.24, 2.45) is 5.92 Å². The van der Waals surface area contributed by atoms with Crippen molar-refractivity contribution < 1.29 is 33.9 Å². The molecule has 4 aromatic rings. The van der Waals surface area contributed by atoms with Crippen molar-refractivity contribution in [1.29, 1.82) is 0 Å². The molecule has 0 heterocycles. The van der Waals surface area contributed by atoms with Crippen molar-refractivity contribution in [1.82, 2.24) is 26.6 Å². The van der Waals surface area contributed by atoms with Gasteiger partial charge in [-0.25, -0.2) is 0 Å². The number of amides is 5. The monoisotopic (exact) mass is 797 g/mol. The van der Waals surface area contributed by atoms with Crippen LogP contribution < -0.4 is 26.6 Å². The fraction of sp³-hybridized carbons (Fsp3) is 0.277. The van der Waals surface area contributed by atoms with Crippen LogP contribution in [0, 0.1) is 5.92 Å². The van der Waals surface area contributed by atoms with Crippen LogP contribution in [0.2, 0.25) is 0 Å². The highest BCUT2D eigenvalue weighted by molar-refractivity contribution is 5.96. The van der Waals surface area contributed by atoms with Crippen molar-refractivity contribution >= 4 is 35.5 Å². The second kappa shape index (κ2) is 22.2. The zero-order chi connectivity index (χ0) is 42.0. The average molecular weight is 798 g/mol. The van der Waals surface area contributed by atoms with E-state index >= 15 is 0 Å². The highest BCUT2D eigenvalue weighted by atomic mass is 16.4. The first-order chi connectivity index (χ1) is 28.5. The van der Waals surface area contributed by atoms with Gasteiger partial charge in [-0.3, -0.25) is 28.8 Å². The average Bonchev–Trinajstić information content (AvgIpc) is 3.26. The van der Waals surface area contributed by atoms with E-state index in [1.165, 1.54) is 6.92 Å². The Hall–Kier alpha value is -6.82. The zero-order valence-electron chi connectivity index (χ0n) is 33.0. The van der Waals surface area contributed by atoms with Crippen LogP contribution in [0.15, 0.2) is 140 Å². The van der Waals surface area contributed by atoms with E-state index in [-0.39, 0.29) is 44.1 Å². The van der Waals surface area contributed by atoms with Gasteiger partial charge in [0.25, 0.3) is 5.91 Å². The lowest BCUT2D eigenvalue weighted by Gasteiger charge is -2.27. The number of carboxylic acid groups (broad SMARTS) is 1. The number of carbonyl (C=O) groups is 6. The van der Waals surface area contributed by atoms with E-state index in [0.717, 1.165) is 22.3 Å². The largest absolute Gasteiger partial charge is 0.480 e. The molecule has 0 fully saturated rings. The summed E-state index contributed by atoms with van der Waals surface area (Å²) >= 11 is 0. The second-order valence-electron chi connectivity index (χ2n) is 14.5. The molecule has 0 spiro atoms. The molecule has 6 N–H and O–H groups in total. The van der Waals surface area contributed by atoms with Crippen molar-refractivity contribution in [3.05, 3.63) is 156 Å². The fourth-order valence-corrected chi connectivity index (χ4v) is 6.64. The summed E-state index contributed by atoms with van der Waals surface area (Å²) in [5.41, 5.74) is 4.09. The molecule has 12 nitrogen and oxygen atoms in total. The first kappa shape index (κ1) is 43.3. The lowest BCUT2D eigenvalue weighted by atomic mass is 9.92. The quantitative estimate of drug-likeness (QED) is 0.0734. The summed E-state index contributed by atoms with van der Waals surface area (Å²) in [5.74, 6) is -4.06. The normalized spacial score (nSPS) is 15.1. The van der Waals surface area contributed by atoms with Gasteiger partial charge >= 0.3 is 5.97 Å². The summed E-state index contributed by atoms with van der Waals surface area (Å²) in [6.07, 6.45) is 9.02. The lowest BCUT2D eigenvalue weighted by molar-refractivity contribution is -0.142. The van der Waals surface area contributed by atoms with Gasteiger partial charge in [-0.15, -0.1) is 0 Å². The lowest BCUT2D eigenvalue weighted by Crippen LogP contribution is -2.58. The number of carboxylic acids is 1. The molecule has 4 aromatic carbocycles. The number of allylic oxidation sites excluding steroid dienone is 4. The Bertz CT molecular complexity index is 2090. The molecule has 5 atom stereocenters. The minimum absolute atomic E-state index is 0.0342. The number of rotatable bonds is 20. The molecular weight excluding hydrogens is 747 g/mol. The Morgan fingerprint density at radius 3 is 1.88 bits per heavy atom. The predicted molar refractivity (Wildman–Crippen MR) is 226 cm³/mol. The maximum Gasteiger partial charge on any atom is 0.325 e. The highest BCUT2D eigenvalue weighted by Crippen LogP contribution is 2.21.